The van der Waals surface area contributed by atoms with Crippen molar-refractivity contribution in [3.05, 3.63) is 149 Å². The fourth-order valence-corrected chi connectivity index (χ4v) is 19.2. The summed E-state index contributed by atoms with van der Waals surface area (Å²) in [7, 11) is 4.44. The van der Waals surface area contributed by atoms with Crippen LogP contribution in [0.3, 0.4) is 0 Å². The minimum Gasteiger partial charge on any atom is -0.459 e. The molecule has 8 N–H and O–H groups in total. The fourth-order valence-electron chi connectivity index (χ4n) is 19.2. The monoisotopic (exact) mass is 1820 g/mol. The first-order chi connectivity index (χ1) is 63.6. The third-order valence-corrected chi connectivity index (χ3v) is 27.2. The van der Waals surface area contributed by atoms with E-state index in [0.29, 0.717) is 188 Å². The minimum atomic E-state index is -2.51. The first-order valence-corrected chi connectivity index (χ1v) is 46.3. The number of piperidine rings is 1. The van der Waals surface area contributed by atoms with Gasteiger partial charge in [0.2, 0.25) is 23.6 Å². The van der Waals surface area contributed by atoms with Gasteiger partial charge in [-0.2, -0.15) is 5.10 Å². The number of alkyl carbamates (subject to hydrolysis) is 1. The van der Waals surface area contributed by atoms with E-state index in [9.17, 15) is 48.6 Å². The van der Waals surface area contributed by atoms with Crippen LogP contribution in [0.15, 0.2) is 121 Å². The lowest BCUT2D eigenvalue weighted by Crippen LogP contribution is -2.61. The van der Waals surface area contributed by atoms with Crippen LogP contribution < -0.4 is 26.6 Å². The highest BCUT2D eigenvalue weighted by Gasteiger charge is 2.53. The molecule has 7 aromatic rings. The molecule has 0 radical (unpaired) electrons. The molecule has 15 atom stereocenters. The molecular formula is C96H127N19O17. The Morgan fingerprint density at radius 3 is 2.23 bits per heavy atom. The van der Waals surface area contributed by atoms with Crippen LogP contribution in [0, 0.1) is 29.6 Å². The zero-order valence-electron chi connectivity index (χ0n) is 77.1. The number of ether oxygens (including phenoxy) is 7. The number of nitrogens with two attached hydrogens (primary N) is 2. The van der Waals surface area contributed by atoms with Gasteiger partial charge >= 0.3 is 12.1 Å². The Labute approximate surface area is 769 Å². The Balaban J connectivity index is 0.499. The van der Waals surface area contributed by atoms with Crippen LogP contribution >= 0.6 is 0 Å². The van der Waals surface area contributed by atoms with Gasteiger partial charge in [-0.05, 0) is 136 Å². The number of rotatable bonds is 21. The highest BCUT2D eigenvalue weighted by Crippen LogP contribution is 2.39. The predicted molar refractivity (Wildman–Crippen MR) is 491 cm³/mol. The number of cyclic esters (lactones) is 1. The number of amides is 4. The number of esters is 1. The van der Waals surface area contributed by atoms with Gasteiger partial charge in [-0.25, -0.2) is 49.2 Å². The van der Waals surface area contributed by atoms with E-state index in [1.54, 1.807) is 71.9 Å². The number of hydrogen-bond donors (Lipinski definition) is 6. The first kappa shape index (κ1) is 96.8. The molecule has 7 aliphatic rings. The fraction of sp³-hybridized carbons (Fsp3) is 0.562. The molecule has 2 bridgehead atoms. The highest BCUT2D eigenvalue weighted by atomic mass is 16.6. The molecule has 12 heterocycles. The van der Waals surface area contributed by atoms with Crippen LogP contribution in [-0.4, -0.2) is 294 Å². The van der Waals surface area contributed by atoms with E-state index < -0.39 is 108 Å². The number of H-pyrrole nitrogens is 1. The minimum absolute atomic E-state index is 0.00198. The van der Waals surface area contributed by atoms with E-state index in [0.717, 1.165) is 51.3 Å². The maximum atomic E-state index is 14.8. The number of nitrogens with one attached hydrogen (secondary N) is 2. The van der Waals surface area contributed by atoms with Crippen molar-refractivity contribution < 1.29 is 81.7 Å². The van der Waals surface area contributed by atoms with Gasteiger partial charge in [0.1, 0.15) is 59.7 Å². The number of allylic oxidation sites excluding steroid dienone is 6. The lowest BCUT2D eigenvalue weighted by atomic mass is 9.80. The number of pyridine rings is 1. The number of benzene rings is 1. The molecular weight excluding hydrogens is 1690 g/mol. The Morgan fingerprint density at radius 2 is 1.48 bits per heavy atom. The van der Waals surface area contributed by atoms with Crippen molar-refractivity contribution in [2.45, 2.75) is 212 Å². The summed E-state index contributed by atoms with van der Waals surface area (Å²) < 4.78 is 43.8. The van der Waals surface area contributed by atoms with E-state index in [1.165, 1.54) is 26.1 Å². The number of aromatic amines is 1. The van der Waals surface area contributed by atoms with Crippen molar-refractivity contribution in [3.8, 4) is 11.3 Å². The molecule has 708 valence electrons. The molecule has 6 aliphatic heterocycles. The smallest absolute Gasteiger partial charge is 0.407 e. The van der Waals surface area contributed by atoms with Gasteiger partial charge in [0.15, 0.2) is 11.4 Å². The van der Waals surface area contributed by atoms with Crippen LogP contribution in [0.1, 0.15) is 158 Å². The van der Waals surface area contributed by atoms with Crippen LogP contribution in [0.4, 0.5) is 22.5 Å². The number of carbonyl (C=O) groups excluding carboxylic acids is 8. The van der Waals surface area contributed by atoms with Gasteiger partial charge in [-0.1, -0.05) is 82.4 Å². The van der Waals surface area contributed by atoms with Crippen LogP contribution in [0.5, 0.6) is 0 Å². The zero-order chi connectivity index (χ0) is 93.4. The summed E-state index contributed by atoms with van der Waals surface area (Å²) in [6, 6.07) is 8.07. The van der Waals surface area contributed by atoms with E-state index in [-0.39, 0.29) is 74.6 Å². The lowest BCUT2D eigenvalue weighted by Gasteiger charge is -2.42. The van der Waals surface area contributed by atoms with Crippen LogP contribution in [0.2, 0.25) is 0 Å². The molecule has 132 heavy (non-hydrogen) atoms. The van der Waals surface area contributed by atoms with Crippen molar-refractivity contribution in [1.82, 2.24) is 74.6 Å². The summed E-state index contributed by atoms with van der Waals surface area (Å²) in [5.74, 6) is -7.47. The summed E-state index contributed by atoms with van der Waals surface area (Å²) in [5.41, 5.74) is 21.9. The first-order valence-electron chi connectivity index (χ1n) is 46.3. The largest absolute Gasteiger partial charge is 0.459 e. The van der Waals surface area contributed by atoms with Gasteiger partial charge in [0.05, 0.1) is 55.4 Å². The number of fused-ring (bicyclic) bond motifs is 6. The van der Waals surface area contributed by atoms with Gasteiger partial charge in [-0.15, -0.1) is 0 Å². The number of aliphatic hydroxyl groups excluding tert-OH is 1. The van der Waals surface area contributed by atoms with Gasteiger partial charge in [0.25, 0.3) is 17.6 Å². The Bertz CT molecular complexity index is 5340. The third kappa shape index (κ3) is 23.5. The van der Waals surface area contributed by atoms with Crippen LogP contribution in [0.25, 0.3) is 33.3 Å². The Kier molecular flexibility index (Phi) is 32.7. The zero-order valence-corrected chi connectivity index (χ0v) is 77.1. The average Bonchev–Trinajstić information content (AvgIpc) is 1.70. The maximum Gasteiger partial charge on any atom is 0.407 e. The second-order valence-electron chi connectivity index (χ2n) is 36.4. The normalized spacial score (nSPS) is 27.3. The van der Waals surface area contributed by atoms with E-state index in [4.69, 9.17) is 49.7 Å². The van der Waals surface area contributed by atoms with Gasteiger partial charge < -0.3 is 89.6 Å². The molecule has 6 aromatic heterocycles. The number of aromatic nitrogens is 10. The highest BCUT2D eigenvalue weighted by molar-refractivity contribution is 6.39. The van der Waals surface area contributed by atoms with Crippen LogP contribution in [-0.2, 0) is 88.0 Å². The summed E-state index contributed by atoms with van der Waals surface area (Å²) in [6.07, 6.45) is 20.4. The molecule has 1 aliphatic carbocycles. The molecule has 0 unspecified atom stereocenters. The lowest BCUT2D eigenvalue weighted by molar-refractivity contribution is -0.265. The molecule has 0 spiro atoms. The van der Waals surface area contributed by atoms with E-state index in [2.05, 4.69) is 73.2 Å². The second kappa shape index (κ2) is 44.5. The van der Waals surface area contributed by atoms with E-state index >= 15 is 0 Å². The SMILES string of the molecule is CO[C@H]1C[C@@H]2CC[C@@H](C)[C@@](O)(O2)C(=O)C(=O)N2CCCC[C@H]2C(=O)O[C@H]([C@H](N)C[C@@H]2CC[C@@H](OC(=O)NCc3cnc(N4CCN(C(=O)CCOCCN5CCN(c6ncc(C(=O)N7CCc8cc(Cn9nc(-c%10cnc%11[nH]ccc%11c%10)c%10c(N)ncnc%109)ccc8C7)cn6)CC5)CC4)nc3)[C@H](OC)C2)CC(=O)[C@H](C)/C=C(\C)[C@@H](O)[C@@H](OC)C(=O)[C@H](C)C[C@H](C)/C=C/C=CC=C1C. The number of piperazine rings is 2. The molecule has 4 amide bonds. The summed E-state index contributed by atoms with van der Waals surface area (Å²) in [6.45, 7) is 18.6. The number of hydrogen-bond acceptors (Lipinski definition) is 30. The molecule has 5 fully saturated rings. The predicted octanol–water partition coefficient (Wildman–Crippen LogP) is 7.78. The summed E-state index contributed by atoms with van der Waals surface area (Å²) >= 11 is 0. The Hall–Kier alpha value is -11.2. The van der Waals surface area contributed by atoms with Crippen molar-refractivity contribution >= 4 is 86.9 Å². The standard InChI is InChI=1S/C96H127N19O17/c1-58-15-11-10-12-16-59(2)77(126-7)47-72-22-18-63(6)96(125,132-72)86(120)91(122)114-28-14-13-17-74(114)92(123)130-78(48-75(116)60(3)42-62(5)84(119)85(128-9)83(118)61(4)41-58)73(97)44-64-20-23-76(79(45-64)127-8)131-95(124)105-51-66-49-101-93(102-50-66)112-36-34-110(35-37-112)80(117)26-39-129-40-38-109-30-32-111(33-31-109)94-103-53-71(54-104-94)90(121)113-29-25-67-43-65(19-21-69(67)56-113)55-115-89-81(87(98)106-57-107-89)82(108-115)70-46-68-24-27-99-88(68)100-52-70/h10-12,15-16,19,21,24,27,42-43,46,49-50,52-54,57-58,60-61,63-64,72-74,76-79,84-85,119,125H,13-14,17-18,20,22-23,25-26,28-41,44-45,47-48,51,55-56,97H2,1-9H3,(H,99,100)(H,105,124)(H2,98,106,107)/b12-10?,15-11+,59-16?,62-42+/t58-,60-,61-,63-,64+,72+,73-,74+,76-,77+,78+,79-,84-,85+,96-/m1/s1. The number of nitrogens with zero attached hydrogens (tertiary/aromatic N) is 15. The molecule has 14 rings (SSSR count). The topological polar surface area (TPSA) is 449 Å². The summed E-state index contributed by atoms with van der Waals surface area (Å²) in [4.78, 5) is 159. The second-order valence-corrected chi connectivity index (χ2v) is 36.4. The van der Waals surface area contributed by atoms with Crippen molar-refractivity contribution in [3.63, 3.8) is 0 Å². The van der Waals surface area contributed by atoms with Crippen molar-refractivity contribution in [1.29, 1.82) is 0 Å². The number of nitrogen functional groups attached to an aromatic ring is 1. The molecule has 4 saturated heterocycles. The molecule has 1 aromatic carbocycles. The quantitative estimate of drug-likeness (QED) is 0.0173. The van der Waals surface area contributed by atoms with E-state index in [1.807, 2.05) is 81.9 Å². The number of Topliss-reactive ketones (excluding diaryl/α,β-unsaturated/α-hetero) is 3. The van der Waals surface area contributed by atoms with Crippen molar-refractivity contribution in [2.75, 3.05) is 122 Å². The average molecular weight is 1820 g/mol. The number of aliphatic hydroxyl groups is 2. The Morgan fingerprint density at radius 1 is 0.735 bits per heavy atom. The van der Waals surface area contributed by atoms with Gasteiger partial charge in [0, 0.05) is 197 Å². The number of anilines is 3. The van der Waals surface area contributed by atoms with Gasteiger partial charge in [-0.3, -0.25) is 33.7 Å². The number of carbonyl (C=O) groups is 8. The summed E-state index contributed by atoms with van der Waals surface area (Å²) in [5, 5.41) is 33.3. The molecule has 36 nitrogen and oxygen atoms in total. The molecule has 36 heteroatoms. The number of methoxy groups -OCH3 is 3. The molecule has 1 saturated carbocycles. The number of ketones is 3. The van der Waals surface area contributed by atoms with Crippen molar-refractivity contribution in [2.24, 2.45) is 35.3 Å². The third-order valence-electron chi connectivity index (χ3n) is 27.2. The maximum absolute atomic E-state index is 14.8.